The summed E-state index contributed by atoms with van der Waals surface area (Å²) < 4.78 is 23.1. The van der Waals surface area contributed by atoms with Gasteiger partial charge in [0.15, 0.2) is 9.84 Å². The van der Waals surface area contributed by atoms with E-state index in [2.05, 4.69) is 15.3 Å². The molecular formula is C10H15N3O2S. The van der Waals surface area contributed by atoms with Crippen LogP contribution in [0.5, 0.6) is 0 Å². The molecular weight excluding hydrogens is 226 g/mol. The lowest BCUT2D eigenvalue weighted by Crippen LogP contribution is -2.25. The summed E-state index contributed by atoms with van der Waals surface area (Å²) in [4.78, 5) is 8.14. The Kier molecular flexibility index (Phi) is 3.09. The van der Waals surface area contributed by atoms with Crippen LogP contribution in [0.15, 0.2) is 12.4 Å². The summed E-state index contributed by atoms with van der Waals surface area (Å²) in [6.07, 6.45) is 4.92. The van der Waals surface area contributed by atoms with E-state index in [-0.39, 0.29) is 5.25 Å². The van der Waals surface area contributed by atoms with E-state index in [0.717, 1.165) is 18.4 Å². The van der Waals surface area contributed by atoms with Crippen LogP contribution >= 0.6 is 0 Å². The van der Waals surface area contributed by atoms with Crippen LogP contribution in [0.1, 0.15) is 18.4 Å². The van der Waals surface area contributed by atoms with Crippen LogP contribution in [0.2, 0.25) is 0 Å². The molecule has 1 saturated heterocycles. The first-order valence-electron chi connectivity index (χ1n) is 5.32. The molecule has 0 aromatic carbocycles. The normalized spacial score (nSPS) is 23.2. The summed E-state index contributed by atoms with van der Waals surface area (Å²) in [6.45, 7) is 2.32. The minimum Gasteiger partial charge on any atom is -0.353 e. The van der Waals surface area contributed by atoms with E-state index in [1.54, 1.807) is 12.4 Å². The van der Waals surface area contributed by atoms with E-state index in [1.807, 2.05) is 6.92 Å². The van der Waals surface area contributed by atoms with Crippen molar-refractivity contribution in [2.45, 2.75) is 25.0 Å². The Hall–Kier alpha value is -1.17. The first kappa shape index (κ1) is 11.3. The van der Waals surface area contributed by atoms with Crippen molar-refractivity contribution in [3.63, 3.8) is 0 Å². The van der Waals surface area contributed by atoms with E-state index in [0.29, 0.717) is 18.2 Å². The van der Waals surface area contributed by atoms with Crippen molar-refractivity contribution < 1.29 is 8.42 Å². The van der Waals surface area contributed by atoms with Gasteiger partial charge in [0.05, 0.1) is 11.0 Å². The highest BCUT2D eigenvalue weighted by molar-refractivity contribution is 7.92. The van der Waals surface area contributed by atoms with Crippen LogP contribution < -0.4 is 5.32 Å². The van der Waals surface area contributed by atoms with Gasteiger partial charge in [-0.1, -0.05) is 0 Å². The van der Waals surface area contributed by atoms with Gasteiger partial charge < -0.3 is 5.32 Å². The van der Waals surface area contributed by atoms with Gasteiger partial charge in [-0.15, -0.1) is 0 Å². The fourth-order valence-electron chi connectivity index (χ4n) is 1.78. The largest absolute Gasteiger partial charge is 0.353 e. The number of anilines is 1. The monoisotopic (exact) mass is 241 g/mol. The molecule has 1 aliphatic heterocycles. The Morgan fingerprint density at radius 3 is 2.69 bits per heavy atom. The number of aromatic nitrogens is 2. The molecule has 0 amide bonds. The molecule has 2 heterocycles. The fourth-order valence-corrected chi connectivity index (χ4v) is 3.54. The fraction of sp³-hybridized carbons (Fsp3) is 0.600. The molecule has 1 atom stereocenters. The SMILES string of the molecule is Cc1cnc(NC[C@H]2CCCS2(=O)=O)nc1. The summed E-state index contributed by atoms with van der Waals surface area (Å²) in [5.74, 6) is 0.807. The number of nitrogens with zero attached hydrogens (tertiary/aromatic N) is 2. The molecule has 1 aromatic heterocycles. The third kappa shape index (κ3) is 2.49. The summed E-state index contributed by atoms with van der Waals surface area (Å²) in [5.41, 5.74) is 0.985. The zero-order valence-corrected chi connectivity index (χ0v) is 10.00. The summed E-state index contributed by atoms with van der Waals surface area (Å²) in [6, 6.07) is 0. The molecule has 1 aliphatic rings. The summed E-state index contributed by atoms with van der Waals surface area (Å²) >= 11 is 0. The number of aryl methyl sites for hydroxylation is 1. The highest BCUT2D eigenvalue weighted by Gasteiger charge is 2.30. The standard InChI is InChI=1S/C10H15N3O2S/c1-8-5-11-10(12-6-8)13-7-9-3-2-4-16(9,14)15/h5-6,9H,2-4,7H2,1H3,(H,11,12,13)/t9-/m1/s1. The average molecular weight is 241 g/mol. The van der Waals surface area contributed by atoms with Gasteiger partial charge in [0.1, 0.15) is 0 Å². The lowest BCUT2D eigenvalue weighted by Gasteiger charge is -2.10. The third-order valence-electron chi connectivity index (χ3n) is 2.73. The number of rotatable bonds is 3. The van der Waals surface area contributed by atoms with Gasteiger partial charge in [-0.3, -0.25) is 0 Å². The minimum absolute atomic E-state index is 0.280. The molecule has 0 radical (unpaired) electrons. The quantitative estimate of drug-likeness (QED) is 0.846. The van der Waals surface area contributed by atoms with E-state index >= 15 is 0 Å². The van der Waals surface area contributed by atoms with Gasteiger partial charge in [-0.05, 0) is 25.3 Å². The van der Waals surface area contributed by atoms with Crippen molar-refractivity contribution >= 4 is 15.8 Å². The summed E-state index contributed by atoms with van der Waals surface area (Å²) in [7, 11) is -2.88. The van der Waals surface area contributed by atoms with Gasteiger partial charge in [0.2, 0.25) is 5.95 Å². The minimum atomic E-state index is -2.88. The molecule has 5 nitrogen and oxygen atoms in total. The molecule has 1 aromatic rings. The smallest absolute Gasteiger partial charge is 0.222 e. The van der Waals surface area contributed by atoms with Crippen molar-refractivity contribution in [3.05, 3.63) is 18.0 Å². The maximum absolute atomic E-state index is 11.6. The molecule has 2 rings (SSSR count). The van der Waals surface area contributed by atoms with Gasteiger partial charge >= 0.3 is 0 Å². The Morgan fingerprint density at radius 2 is 2.12 bits per heavy atom. The maximum Gasteiger partial charge on any atom is 0.222 e. The van der Waals surface area contributed by atoms with Gasteiger partial charge in [-0.2, -0.15) is 0 Å². The third-order valence-corrected chi connectivity index (χ3v) is 5.01. The van der Waals surface area contributed by atoms with Crippen LogP contribution in [0.25, 0.3) is 0 Å². The highest BCUT2D eigenvalue weighted by atomic mass is 32.2. The average Bonchev–Trinajstić information content (AvgIpc) is 2.57. The van der Waals surface area contributed by atoms with Gasteiger partial charge in [0.25, 0.3) is 0 Å². The van der Waals surface area contributed by atoms with E-state index in [9.17, 15) is 8.42 Å². The zero-order valence-electron chi connectivity index (χ0n) is 9.18. The lowest BCUT2D eigenvalue weighted by molar-refractivity contribution is 0.591. The Bertz CT molecular complexity index is 455. The van der Waals surface area contributed by atoms with Gasteiger partial charge in [-0.25, -0.2) is 18.4 Å². The molecule has 0 saturated carbocycles. The second-order valence-corrected chi connectivity index (χ2v) is 6.50. The number of hydrogen-bond donors (Lipinski definition) is 1. The van der Waals surface area contributed by atoms with Crippen molar-refractivity contribution in [1.82, 2.24) is 9.97 Å². The molecule has 16 heavy (non-hydrogen) atoms. The molecule has 0 bridgehead atoms. The van der Waals surface area contributed by atoms with Crippen LogP contribution in [0.4, 0.5) is 5.95 Å². The Labute approximate surface area is 95.2 Å². The molecule has 0 unspecified atom stereocenters. The predicted octanol–water partition coefficient (Wildman–Crippen LogP) is 0.774. The second-order valence-electron chi connectivity index (χ2n) is 4.10. The summed E-state index contributed by atoms with van der Waals surface area (Å²) in [5, 5.41) is 2.69. The van der Waals surface area contributed by atoms with Gasteiger partial charge in [0, 0.05) is 18.9 Å². The Morgan fingerprint density at radius 1 is 1.44 bits per heavy atom. The number of hydrogen-bond acceptors (Lipinski definition) is 5. The van der Waals surface area contributed by atoms with Crippen molar-refractivity contribution in [1.29, 1.82) is 0 Å². The maximum atomic E-state index is 11.6. The predicted molar refractivity (Wildman–Crippen MR) is 62.1 cm³/mol. The van der Waals surface area contributed by atoms with Crippen LogP contribution in [-0.4, -0.2) is 35.9 Å². The molecule has 0 aliphatic carbocycles. The highest BCUT2D eigenvalue weighted by Crippen LogP contribution is 2.19. The first-order chi connectivity index (χ1) is 7.58. The topological polar surface area (TPSA) is 72.0 Å². The number of nitrogens with one attached hydrogen (secondary N) is 1. The molecule has 88 valence electrons. The van der Waals surface area contributed by atoms with E-state index in [4.69, 9.17) is 0 Å². The van der Waals surface area contributed by atoms with Crippen LogP contribution in [-0.2, 0) is 9.84 Å². The van der Waals surface area contributed by atoms with Crippen LogP contribution in [0.3, 0.4) is 0 Å². The Balaban J connectivity index is 1.95. The van der Waals surface area contributed by atoms with Crippen LogP contribution in [0, 0.1) is 6.92 Å². The van der Waals surface area contributed by atoms with E-state index in [1.165, 1.54) is 0 Å². The molecule has 1 N–H and O–H groups in total. The molecule has 6 heteroatoms. The van der Waals surface area contributed by atoms with Crippen molar-refractivity contribution in [2.75, 3.05) is 17.6 Å². The van der Waals surface area contributed by atoms with E-state index < -0.39 is 9.84 Å². The molecule has 1 fully saturated rings. The second kappa shape index (κ2) is 4.37. The van der Waals surface area contributed by atoms with Crippen molar-refractivity contribution in [2.24, 2.45) is 0 Å². The number of sulfone groups is 1. The zero-order chi connectivity index (χ0) is 11.6. The lowest BCUT2D eigenvalue weighted by atomic mass is 10.2. The van der Waals surface area contributed by atoms with Crippen molar-refractivity contribution in [3.8, 4) is 0 Å². The first-order valence-corrected chi connectivity index (χ1v) is 7.03. The molecule has 0 spiro atoms.